The highest BCUT2D eigenvalue weighted by molar-refractivity contribution is 5.44. The van der Waals surface area contributed by atoms with Gasteiger partial charge in [0, 0.05) is 37.8 Å². The summed E-state index contributed by atoms with van der Waals surface area (Å²) < 4.78 is 10.6. The lowest BCUT2D eigenvalue weighted by Gasteiger charge is -2.18. The number of rotatable bonds is 7. The van der Waals surface area contributed by atoms with Gasteiger partial charge < -0.3 is 14.6 Å². The van der Waals surface area contributed by atoms with Crippen molar-refractivity contribution >= 4 is 5.69 Å². The van der Waals surface area contributed by atoms with Crippen LogP contribution in [-0.4, -0.2) is 29.9 Å². The van der Waals surface area contributed by atoms with Gasteiger partial charge in [-0.2, -0.15) is 0 Å². The molecule has 0 aliphatic carbocycles. The van der Waals surface area contributed by atoms with Crippen molar-refractivity contribution < 1.29 is 19.5 Å². The average molecular weight is 269 g/mol. The summed E-state index contributed by atoms with van der Waals surface area (Å²) >= 11 is 0. The fourth-order valence-electron chi connectivity index (χ4n) is 1.64. The Morgan fingerprint density at radius 3 is 2.63 bits per heavy atom. The number of nitro groups is 1. The lowest BCUT2D eigenvalue weighted by molar-refractivity contribution is -0.385. The van der Waals surface area contributed by atoms with E-state index in [1.807, 2.05) is 6.92 Å². The van der Waals surface area contributed by atoms with Crippen LogP contribution in [0.15, 0.2) is 18.2 Å². The number of nitro benzene ring substituents is 1. The van der Waals surface area contributed by atoms with Crippen molar-refractivity contribution in [3.05, 3.63) is 33.9 Å². The topological polar surface area (TPSA) is 81.8 Å². The molecule has 0 heterocycles. The fraction of sp³-hybridized carbons (Fsp3) is 0.538. The predicted molar refractivity (Wildman–Crippen MR) is 70.3 cm³/mol. The third kappa shape index (κ3) is 4.50. The minimum atomic E-state index is -0.829. The smallest absolute Gasteiger partial charge is 0.270 e. The largest absolute Gasteiger partial charge is 0.490 e. The third-order valence-corrected chi connectivity index (χ3v) is 2.71. The number of benzene rings is 1. The van der Waals surface area contributed by atoms with E-state index in [0.717, 1.165) is 0 Å². The van der Waals surface area contributed by atoms with Crippen LogP contribution in [0.5, 0.6) is 5.75 Å². The molecule has 0 amide bonds. The molecule has 0 saturated heterocycles. The van der Waals surface area contributed by atoms with Crippen molar-refractivity contribution in [3.63, 3.8) is 0 Å². The van der Waals surface area contributed by atoms with Crippen molar-refractivity contribution in [2.75, 3.05) is 13.7 Å². The molecule has 6 nitrogen and oxygen atoms in total. The van der Waals surface area contributed by atoms with E-state index in [9.17, 15) is 15.2 Å². The Balaban J connectivity index is 2.90. The second-order valence-corrected chi connectivity index (χ2v) is 4.37. The number of nitrogens with zero attached hydrogens (tertiary/aromatic N) is 1. The van der Waals surface area contributed by atoms with E-state index < -0.39 is 11.0 Å². The van der Waals surface area contributed by atoms with Gasteiger partial charge >= 0.3 is 0 Å². The Kier molecular flexibility index (Phi) is 5.72. The van der Waals surface area contributed by atoms with E-state index in [1.165, 1.54) is 18.2 Å². The summed E-state index contributed by atoms with van der Waals surface area (Å²) in [5.74, 6) is 0.462. The average Bonchev–Trinajstić information content (AvgIpc) is 2.36. The molecule has 6 heteroatoms. The number of aliphatic hydroxyl groups is 1. The van der Waals surface area contributed by atoms with Gasteiger partial charge in [0.1, 0.15) is 5.75 Å². The number of methoxy groups -OCH3 is 1. The Morgan fingerprint density at radius 2 is 2.11 bits per heavy atom. The van der Waals surface area contributed by atoms with Crippen molar-refractivity contribution in [1.82, 2.24) is 0 Å². The highest BCUT2D eigenvalue weighted by Crippen LogP contribution is 2.30. The molecule has 1 unspecified atom stereocenters. The van der Waals surface area contributed by atoms with Crippen molar-refractivity contribution in [2.24, 2.45) is 0 Å². The van der Waals surface area contributed by atoms with Crippen LogP contribution in [0, 0.1) is 10.1 Å². The quantitative estimate of drug-likeness (QED) is 0.607. The maximum atomic E-state index is 10.7. The van der Waals surface area contributed by atoms with Crippen LogP contribution in [-0.2, 0) is 4.74 Å². The second kappa shape index (κ2) is 7.06. The Bertz CT molecular complexity index is 433. The van der Waals surface area contributed by atoms with Crippen molar-refractivity contribution in [1.29, 1.82) is 0 Å². The van der Waals surface area contributed by atoms with E-state index in [1.54, 1.807) is 14.0 Å². The summed E-state index contributed by atoms with van der Waals surface area (Å²) in [6.45, 7) is 4.00. The predicted octanol–water partition coefficient (Wildman–Crippen LogP) is 2.45. The van der Waals surface area contributed by atoms with E-state index in [2.05, 4.69) is 0 Å². The van der Waals surface area contributed by atoms with Crippen LogP contribution in [0.2, 0.25) is 0 Å². The van der Waals surface area contributed by atoms with Gasteiger partial charge in [-0.05, 0) is 19.9 Å². The molecule has 0 aliphatic heterocycles. The second-order valence-electron chi connectivity index (χ2n) is 4.37. The maximum absolute atomic E-state index is 10.7. The Morgan fingerprint density at radius 1 is 1.42 bits per heavy atom. The minimum Gasteiger partial charge on any atom is -0.490 e. The fourth-order valence-corrected chi connectivity index (χ4v) is 1.64. The van der Waals surface area contributed by atoms with E-state index in [4.69, 9.17) is 9.47 Å². The van der Waals surface area contributed by atoms with Crippen molar-refractivity contribution in [2.45, 2.75) is 32.5 Å². The van der Waals surface area contributed by atoms with Crippen molar-refractivity contribution in [3.8, 4) is 5.75 Å². The maximum Gasteiger partial charge on any atom is 0.270 e. The van der Waals surface area contributed by atoms with Crippen LogP contribution < -0.4 is 4.74 Å². The summed E-state index contributed by atoms with van der Waals surface area (Å²) in [6, 6.07) is 4.22. The van der Waals surface area contributed by atoms with Crippen LogP contribution in [0.1, 0.15) is 31.9 Å². The van der Waals surface area contributed by atoms with E-state index in [0.29, 0.717) is 24.3 Å². The van der Waals surface area contributed by atoms with Crippen LogP contribution in [0.25, 0.3) is 0 Å². The normalized spacial score (nSPS) is 13.9. The molecule has 106 valence electrons. The number of non-ortho nitro benzene ring substituents is 1. The molecule has 1 aromatic rings. The molecule has 0 aromatic heterocycles. The molecule has 1 rings (SSSR count). The molecule has 19 heavy (non-hydrogen) atoms. The van der Waals surface area contributed by atoms with Gasteiger partial charge in [0.15, 0.2) is 0 Å². The molecule has 0 saturated carbocycles. The summed E-state index contributed by atoms with van der Waals surface area (Å²) in [5, 5.41) is 20.4. The van der Waals surface area contributed by atoms with Gasteiger partial charge in [-0.1, -0.05) is 0 Å². The number of ether oxygens (including phenoxy) is 2. The summed E-state index contributed by atoms with van der Waals surface area (Å²) in [5.41, 5.74) is 0.353. The monoisotopic (exact) mass is 269 g/mol. The third-order valence-electron chi connectivity index (χ3n) is 2.71. The summed E-state index contributed by atoms with van der Waals surface area (Å²) in [6.07, 6.45) is -0.226. The molecule has 0 radical (unpaired) electrons. The van der Waals surface area contributed by atoms with Gasteiger partial charge in [-0.15, -0.1) is 0 Å². The SMILES string of the molecule is COCCC(C)Oc1ccc([N+](=O)[O-])cc1[C@H](C)O. The summed E-state index contributed by atoms with van der Waals surface area (Å²) in [7, 11) is 1.61. The first kappa shape index (κ1) is 15.4. The zero-order valence-electron chi connectivity index (χ0n) is 11.3. The first-order chi connectivity index (χ1) is 8.95. The number of hydrogen-bond donors (Lipinski definition) is 1. The highest BCUT2D eigenvalue weighted by Gasteiger charge is 2.16. The molecule has 0 fully saturated rings. The van der Waals surface area contributed by atoms with Gasteiger partial charge in [0.2, 0.25) is 0 Å². The van der Waals surface area contributed by atoms with Crippen LogP contribution in [0.3, 0.4) is 0 Å². The first-order valence-corrected chi connectivity index (χ1v) is 6.07. The zero-order valence-corrected chi connectivity index (χ0v) is 11.3. The van der Waals surface area contributed by atoms with Crippen LogP contribution in [0.4, 0.5) is 5.69 Å². The Labute approximate surface area is 112 Å². The number of aliphatic hydroxyl groups excluding tert-OH is 1. The lowest BCUT2D eigenvalue weighted by Crippen LogP contribution is -2.15. The number of hydrogen-bond acceptors (Lipinski definition) is 5. The van der Waals surface area contributed by atoms with Gasteiger partial charge in [-0.25, -0.2) is 0 Å². The minimum absolute atomic E-state index is 0.0622. The molecule has 1 aromatic carbocycles. The molecule has 0 bridgehead atoms. The van der Waals surface area contributed by atoms with Gasteiger partial charge in [0.05, 0.1) is 17.1 Å². The lowest BCUT2D eigenvalue weighted by atomic mass is 10.1. The van der Waals surface area contributed by atoms with Crippen LogP contribution >= 0.6 is 0 Å². The highest BCUT2D eigenvalue weighted by atomic mass is 16.6. The molecule has 0 spiro atoms. The zero-order chi connectivity index (χ0) is 14.4. The summed E-state index contributed by atoms with van der Waals surface area (Å²) in [4.78, 5) is 10.2. The van der Waals surface area contributed by atoms with E-state index in [-0.39, 0.29) is 11.8 Å². The molecule has 1 N–H and O–H groups in total. The Hall–Kier alpha value is -1.66. The van der Waals surface area contributed by atoms with E-state index >= 15 is 0 Å². The molecule has 0 aliphatic rings. The standard InChI is InChI=1S/C13H19NO5/c1-9(6-7-18-3)19-13-5-4-11(14(16)17)8-12(13)10(2)15/h4-5,8-10,15H,6-7H2,1-3H3/t9?,10-/m0/s1. The first-order valence-electron chi connectivity index (χ1n) is 6.07. The molecular formula is C13H19NO5. The van der Waals surface area contributed by atoms with Gasteiger partial charge in [-0.3, -0.25) is 10.1 Å². The molecule has 2 atom stereocenters. The molecular weight excluding hydrogens is 250 g/mol. The van der Waals surface area contributed by atoms with Gasteiger partial charge in [0.25, 0.3) is 5.69 Å².